The lowest BCUT2D eigenvalue weighted by Gasteiger charge is -2.13. The summed E-state index contributed by atoms with van der Waals surface area (Å²) < 4.78 is 0. The molecule has 138 valence electrons. The first kappa shape index (κ1) is 18.5. The largest absolute Gasteiger partial charge is 0.369 e. The van der Waals surface area contributed by atoms with Crippen molar-refractivity contribution in [2.24, 2.45) is 0 Å². The molecule has 6 nitrogen and oxygen atoms in total. The van der Waals surface area contributed by atoms with Crippen LogP contribution in [0.1, 0.15) is 10.5 Å². The van der Waals surface area contributed by atoms with E-state index in [4.69, 9.17) is 0 Å². The molecule has 0 atom stereocenters. The Morgan fingerprint density at radius 3 is 2.30 bits per heavy atom. The standard InChI is InChI=1S/C21H23N5O/c1-26(2)14-13-22-19-15-18(21(27)23-17-11-7-4-8-12-17)24-20(25-19)16-9-5-3-6-10-16/h3-12,15H,13-14H2,1-2H3,(H,23,27)(H,22,24,25). The molecule has 27 heavy (non-hydrogen) atoms. The first-order valence-electron chi connectivity index (χ1n) is 8.81. The molecular formula is C21H23N5O. The Labute approximate surface area is 159 Å². The van der Waals surface area contributed by atoms with Gasteiger partial charge in [-0.05, 0) is 26.2 Å². The van der Waals surface area contributed by atoms with Gasteiger partial charge in [-0.3, -0.25) is 4.79 Å². The van der Waals surface area contributed by atoms with E-state index >= 15 is 0 Å². The molecule has 0 aliphatic heterocycles. The molecule has 0 saturated heterocycles. The SMILES string of the molecule is CN(C)CCNc1cc(C(=O)Nc2ccccc2)nc(-c2ccccc2)n1. The first-order chi connectivity index (χ1) is 13.1. The summed E-state index contributed by atoms with van der Waals surface area (Å²) in [5.74, 6) is 0.879. The van der Waals surface area contributed by atoms with Gasteiger partial charge >= 0.3 is 0 Å². The van der Waals surface area contributed by atoms with Crippen molar-refractivity contribution in [2.45, 2.75) is 0 Å². The Morgan fingerprint density at radius 1 is 0.963 bits per heavy atom. The average molecular weight is 361 g/mol. The predicted octanol–water partition coefficient (Wildman–Crippen LogP) is 3.37. The normalized spacial score (nSPS) is 10.6. The van der Waals surface area contributed by atoms with E-state index in [1.165, 1.54) is 0 Å². The third kappa shape index (κ3) is 5.36. The fourth-order valence-corrected chi connectivity index (χ4v) is 2.49. The number of anilines is 2. The van der Waals surface area contributed by atoms with Gasteiger partial charge in [-0.2, -0.15) is 0 Å². The van der Waals surface area contributed by atoms with Crippen LogP contribution in [-0.4, -0.2) is 48.0 Å². The van der Waals surface area contributed by atoms with E-state index in [9.17, 15) is 4.79 Å². The molecule has 0 radical (unpaired) electrons. The van der Waals surface area contributed by atoms with Crippen LogP contribution in [0.5, 0.6) is 0 Å². The molecule has 3 aromatic rings. The van der Waals surface area contributed by atoms with Crippen molar-refractivity contribution < 1.29 is 4.79 Å². The maximum atomic E-state index is 12.7. The lowest BCUT2D eigenvalue weighted by atomic mass is 10.2. The van der Waals surface area contributed by atoms with Gasteiger partial charge in [0.2, 0.25) is 0 Å². The number of rotatable bonds is 7. The second-order valence-corrected chi connectivity index (χ2v) is 6.38. The Bertz CT molecular complexity index is 882. The van der Waals surface area contributed by atoms with E-state index in [0.717, 1.165) is 24.3 Å². The molecule has 0 aliphatic carbocycles. The monoisotopic (exact) mass is 361 g/mol. The molecular weight excluding hydrogens is 338 g/mol. The number of hydrogen-bond donors (Lipinski definition) is 2. The van der Waals surface area contributed by atoms with Crippen LogP contribution < -0.4 is 10.6 Å². The third-order valence-corrected chi connectivity index (χ3v) is 3.89. The maximum Gasteiger partial charge on any atom is 0.274 e. The highest BCUT2D eigenvalue weighted by Gasteiger charge is 2.13. The van der Waals surface area contributed by atoms with Crippen LogP contribution in [0, 0.1) is 0 Å². The first-order valence-corrected chi connectivity index (χ1v) is 8.81. The Morgan fingerprint density at radius 2 is 1.63 bits per heavy atom. The highest BCUT2D eigenvalue weighted by atomic mass is 16.1. The number of nitrogens with zero attached hydrogens (tertiary/aromatic N) is 3. The van der Waals surface area contributed by atoms with Gasteiger partial charge in [-0.1, -0.05) is 48.5 Å². The van der Waals surface area contributed by atoms with Gasteiger partial charge in [0.05, 0.1) is 0 Å². The minimum absolute atomic E-state index is 0.267. The van der Waals surface area contributed by atoms with Gasteiger partial charge in [0, 0.05) is 30.4 Å². The molecule has 2 N–H and O–H groups in total. The molecule has 0 spiro atoms. The summed E-state index contributed by atoms with van der Waals surface area (Å²) >= 11 is 0. The van der Waals surface area contributed by atoms with Crippen LogP contribution >= 0.6 is 0 Å². The van der Waals surface area contributed by atoms with Crippen molar-refractivity contribution in [3.8, 4) is 11.4 Å². The summed E-state index contributed by atoms with van der Waals surface area (Å²) in [5.41, 5.74) is 1.91. The summed E-state index contributed by atoms with van der Waals surface area (Å²) in [5, 5.41) is 6.15. The maximum absolute atomic E-state index is 12.7. The minimum atomic E-state index is -0.267. The molecule has 0 fully saturated rings. The molecule has 1 amide bonds. The highest BCUT2D eigenvalue weighted by molar-refractivity contribution is 6.03. The smallest absolute Gasteiger partial charge is 0.274 e. The van der Waals surface area contributed by atoms with E-state index in [1.807, 2.05) is 74.8 Å². The number of likely N-dealkylation sites (N-methyl/N-ethyl adjacent to an activating group) is 1. The lowest BCUT2D eigenvalue weighted by Crippen LogP contribution is -2.22. The molecule has 6 heteroatoms. The Kier molecular flexibility index (Phi) is 6.12. The third-order valence-electron chi connectivity index (χ3n) is 3.89. The summed E-state index contributed by atoms with van der Waals surface area (Å²) in [6.45, 7) is 1.58. The fourth-order valence-electron chi connectivity index (χ4n) is 2.49. The minimum Gasteiger partial charge on any atom is -0.369 e. The number of hydrogen-bond acceptors (Lipinski definition) is 5. The van der Waals surface area contributed by atoms with Crippen molar-refractivity contribution in [1.82, 2.24) is 14.9 Å². The second kappa shape index (κ2) is 8.91. The van der Waals surface area contributed by atoms with E-state index in [-0.39, 0.29) is 5.91 Å². The lowest BCUT2D eigenvalue weighted by molar-refractivity contribution is 0.102. The van der Waals surface area contributed by atoms with Crippen LogP contribution in [0.15, 0.2) is 66.7 Å². The average Bonchev–Trinajstić information content (AvgIpc) is 2.69. The number of para-hydroxylation sites is 1. The Hall–Kier alpha value is -3.25. The van der Waals surface area contributed by atoms with Gasteiger partial charge in [0.25, 0.3) is 5.91 Å². The molecule has 1 aromatic heterocycles. The number of benzene rings is 2. The van der Waals surface area contributed by atoms with Crippen LogP contribution in [0.2, 0.25) is 0 Å². The molecule has 2 aromatic carbocycles. The highest BCUT2D eigenvalue weighted by Crippen LogP contribution is 2.18. The molecule has 0 saturated carbocycles. The summed E-state index contributed by atoms with van der Waals surface area (Å²) in [4.78, 5) is 23.8. The van der Waals surface area contributed by atoms with Gasteiger partial charge in [0.15, 0.2) is 5.82 Å². The zero-order chi connectivity index (χ0) is 19.1. The van der Waals surface area contributed by atoms with Crippen molar-refractivity contribution in [3.63, 3.8) is 0 Å². The topological polar surface area (TPSA) is 70.2 Å². The number of carbonyl (C=O) groups excluding carboxylic acids is 1. The van der Waals surface area contributed by atoms with Crippen LogP contribution in [0.25, 0.3) is 11.4 Å². The number of carbonyl (C=O) groups is 1. The quantitative estimate of drug-likeness (QED) is 0.675. The van der Waals surface area contributed by atoms with Gasteiger partial charge < -0.3 is 15.5 Å². The van der Waals surface area contributed by atoms with E-state index in [1.54, 1.807) is 6.07 Å². The van der Waals surface area contributed by atoms with Crippen molar-refractivity contribution >= 4 is 17.4 Å². The van der Waals surface area contributed by atoms with Crippen LogP contribution in [-0.2, 0) is 0 Å². The molecule has 0 unspecified atom stereocenters. The molecule has 3 rings (SSSR count). The molecule has 0 bridgehead atoms. The van der Waals surface area contributed by atoms with E-state index < -0.39 is 0 Å². The van der Waals surface area contributed by atoms with Crippen molar-refractivity contribution in [3.05, 3.63) is 72.4 Å². The number of nitrogens with one attached hydrogen (secondary N) is 2. The van der Waals surface area contributed by atoms with Gasteiger partial charge in [-0.15, -0.1) is 0 Å². The second-order valence-electron chi connectivity index (χ2n) is 6.38. The number of amides is 1. The predicted molar refractivity (Wildman–Crippen MR) is 109 cm³/mol. The molecule has 1 heterocycles. The Balaban J connectivity index is 1.88. The van der Waals surface area contributed by atoms with Crippen LogP contribution in [0.3, 0.4) is 0 Å². The van der Waals surface area contributed by atoms with E-state index in [0.29, 0.717) is 17.3 Å². The molecule has 0 aliphatic rings. The zero-order valence-corrected chi connectivity index (χ0v) is 15.5. The van der Waals surface area contributed by atoms with Crippen molar-refractivity contribution in [1.29, 1.82) is 0 Å². The van der Waals surface area contributed by atoms with Gasteiger partial charge in [-0.25, -0.2) is 9.97 Å². The van der Waals surface area contributed by atoms with Crippen molar-refractivity contribution in [2.75, 3.05) is 37.8 Å². The zero-order valence-electron chi connectivity index (χ0n) is 15.5. The van der Waals surface area contributed by atoms with E-state index in [2.05, 4.69) is 25.5 Å². The fraction of sp³-hybridized carbons (Fsp3) is 0.190. The van der Waals surface area contributed by atoms with Crippen LogP contribution in [0.4, 0.5) is 11.5 Å². The summed E-state index contributed by atoms with van der Waals surface area (Å²) in [6, 6.07) is 20.7. The number of aromatic nitrogens is 2. The summed E-state index contributed by atoms with van der Waals surface area (Å²) in [6.07, 6.45) is 0. The summed E-state index contributed by atoms with van der Waals surface area (Å²) in [7, 11) is 4.02. The van der Waals surface area contributed by atoms with Gasteiger partial charge in [0.1, 0.15) is 11.5 Å².